The molecule has 1 aromatic heterocycles. The first-order chi connectivity index (χ1) is 8.31. The molecule has 1 saturated carbocycles. The number of likely N-dealkylation sites (N-methyl/N-ethyl adjacent to an activating group) is 1. The van der Waals surface area contributed by atoms with Crippen LogP contribution in [0.2, 0.25) is 0 Å². The number of nitrogens with one attached hydrogen (secondary N) is 1. The zero-order valence-corrected chi connectivity index (χ0v) is 10.8. The Labute approximate surface area is 104 Å². The molecule has 2 rings (SSSR count). The summed E-state index contributed by atoms with van der Waals surface area (Å²) in [5, 5.41) is 3.40. The molecule has 1 fully saturated rings. The lowest BCUT2D eigenvalue weighted by Crippen LogP contribution is -2.37. The Morgan fingerprint density at radius 3 is 2.94 bits per heavy atom. The molecule has 0 radical (unpaired) electrons. The Morgan fingerprint density at radius 1 is 1.53 bits per heavy atom. The molecule has 1 N–H and O–H groups in total. The Morgan fingerprint density at radius 2 is 2.35 bits per heavy atom. The first-order valence-electron chi connectivity index (χ1n) is 6.61. The fraction of sp³-hybridized carbons (Fsp3) is 0.714. The zero-order chi connectivity index (χ0) is 12.1. The van der Waals surface area contributed by atoms with Gasteiger partial charge in [0.1, 0.15) is 0 Å². The maximum absolute atomic E-state index is 5.59. The van der Waals surface area contributed by atoms with Crippen LogP contribution in [0.3, 0.4) is 0 Å². The van der Waals surface area contributed by atoms with Crippen molar-refractivity contribution in [1.29, 1.82) is 0 Å². The average molecular weight is 237 g/mol. The van der Waals surface area contributed by atoms with Crippen molar-refractivity contribution in [1.82, 2.24) is 5.32 Å². The quantitative estimate of drug-likeness (QED) is 0.791. The summed E-state index contributed by atoms with van der Waals surface area (Å²) in [5.74, 6) is 0.830. The van der Waals surface area contributed by atoms with E-state index >= 15 is 0 Å². The van der Waals surface area contributed by atoms with Gasteiger partial charge in [0, 0.05) is 12.6 Å². The van der Waals surface area contributed by atoms with Crippen LogP contribution in [-0.4, -0.2) is 25.8 Å². The summed E-state index contributed by atoms with van der Waals surface area (Å²) in [7, 11) is 2.05. The minimum atomic E-state index is 0.524. The molecule has 0 bridgehead atoms. The van der Waals surface area contributed by atoms with Crippen molar-refractivity contribution in [2.75, 3.05) is 13.7 Å². The zero-order valence-electron chi connectivity index (χ0n) is 10.8. The molecule has 17 heavy (non-hydrogen) atoms. The summed E-state index contributed by atoms with van der Waals surface area (Å²) in [6, 6.07) is 2.61. The third-order valence-electron chi connectivity index (χ3n) is 3.68. The van der Waals surface area contributed by atoms with E-state index < -0.39 is 0 Å². The third kappa shape index (κ3) is 3.58. The van der Waals surface area contributed by atoms with Gasteiger partial charge in [0.15, 0.2) is 0 Å². The van der Waals surface area contributed by atoms with Crippen LogP contribution in [0.1, 0.15) is 31.7 Å². The van der Waals surface area contributed by atoms with Crippen molar-refractivity contribution in [3.63, 3.8) is 0 Å². The lowest BCUT2D eigenvalue weighted by atomic mass is 9.77. The van der Waals surface area contributed by atoms with Crippen LogP contribution in [0, 0.1) is 5.92 Å². The first-order valence-corrected chi connectivity index (χ1v) is 6.61. The highest BCUT2D eigenvalue weighted by molar-refractivity contribution is 5.07. The molecular formula is C14H23NO2. The van der Waals surface area contributed by atoms with Gasteiger partial charge in [0.05, 0.1) is 18.6 Å². The van der Waals surface area contributed by atoms with Crippen molar-refractivity contribution in [3.05, 3.63) is 24.2 Å². The van der Waals surface area contributed by atoms with Crippen molar-refractivity contribution in [2.24, 2.45) is 5.92 Å². The summed E-state index contributed by atoms with van der Waals surface area (Å²) < 4.78 is 10.7. The SMILES string of the molecule is CCOC1CC(CC(Cc2ccoc2)NC)C1. The molecule has 1 aliphatic rings. The maximum Gasteiger partial charge on any atom is 0.0935 e. The fourth-order valence-electron chi connectivity index (χ4n) is 2.64. The first kappa shape index (κ1) is 12.7. The van der Waals surface area contributed by atoms with Crippen LogP contribution < -0.4 is 5.32 Å². The molecular weight excluding hydrogens is 214 g/mol. The van der Waals surface area contributed by atoms with Gasteiger partial charge in [-0.3, -0.25) is 0 Å². The maximum atomic E-state index is 5.59. The van der Waals surface area contributed by atoms with Gasteiger partial charge in [-0.05, 0) is 57.2 Å². The van der Waals surface area contributed by atoms with E-state index in [2.05, 4.69) is 12.2 Å². The van der Waals surface area contributed by atoms with Gasteiger partial charge >= 0.3 is 0 Å². The van der Waals surface area contributed by atoms with Gasteiger partial charge in [-0.1, -0.05) is 0 Å². The second-order valence-corrected chi connectivity index (χ2v) is 4.97. The van der Waals surface area contributed by atoms with Crippen LogP contribution in [0.4, 0.5) is 0 Å². The number of ether oxygens (including phenoxy) is 1. The van der Waals surface area contributed by atoms with E-state index in [0.29, 0.717) is 12.1 Å². The molecule has 0 aliphatic heterocycles. The van der Waals surface area contributed by atoms with Crippen molar-refractivity contribution in [2.45, 2.75) is 44.8 Å². The normalized spacial score (nSPS) is 25.5. The molecule has 1 unspecified atom stereocenters. The van der Waals surface area contributed by atoms with Crippen LogP contribution in [0.25, 0.3) is 0 Å². The van der Waals surface area contributed by atoms with Gasteiger partial charge in [-0.15, -0.1) is 0 Å². The third-order valence-corrected chi connectivity index (χ3v) is 3.68. The minimum Gasteiger partial charge on any atom is -0.472 e. The van der Waals surface area contributed by atoms with E-state index in [4.69, 9.17) is 9.15 Å². The van der Waals surface area contributed by atoms with Gasteiger partial charge in [-0.25, -0.2) is 0 Å². The second kappa shape index (κ2) is 6.22. The monoisotopic (exact) mass is 237 g/mol. The Bertz CT molecular complexity index is 304. The summed E-state index contributed by atoms with van der Waals surface area (Å²) >= 11 is 0. The molecule has 0 aromatic carbocycles. The largest absolute Gasteiger partial charge is 0.472 e. The summed E-state index contributed by atoms with van der Waals surface area (Å²) in [4.78, 5) is 0. The topological polar surface area (TPSA) is 34.4 Å². The summed E-state index contributed by atoms with van der Waals surface area (Å²) in [6.45, 7) is 2.92. The number of rotatable bonds is 7. The van der Waals surface area contributed by atoms with Gasteiger partial charge < -0.3 is 14.5 Å². The van der Waals surface area contributed by atoms with Crippen molar-refractivity contribution in [3.8, 4) is 0 Å². The van der Waals surface area contributed by atoms with E-state index in [1.807, 2.05) is 19.4 Å². The predicted molar refractivity (Wildman–Crippen MR) is 68.0 cm³/mol. The molecule has 0 spiro atoms. The summed E-state index contributed by atoms with van der Waals surface area (Å²) in [6.07, 6.45) is 8.88. The van der Waals surface area contributed by atoms with E-state index in [9.17, 15) is 0 Å². The van der Waals surface area contributed by atoms with E-state index in [0.717, 1.165) is 18.9 Å². The van der Waals surface area contributed by atoms with E-state index in [1.165, 1.54) is 24.8 Å². The van der Waals surface area contributed by atoms with Crippen LogP contribution >= 0.6 is 0 Å². The lowest BCUT2D eigenvalue weighted by Gasteiger charge is -2.37. The highest BCUT2D eigenvalue weighted by atomic mass is 16.5. The molecule has 1 aliphatic carbocycles. The van der Waals surface area contributed by atoms with E-state index in [1.54, 1.807) is 6.26 Å². The minimum absolute atomic E-state index is 0.524. The van der Waals surface area contributed by atoms with Crippen LogP contribution in [0.15, 0.2) is 23.0 Å². The smallest absolute Gasteiger partial charge is 0.0935 e. The van der Waals surface area contributed by atoms with Crippen LogP contribution in [-0.2, 0) is 11.2 Å². The van der Waals surface area contributed by atoms with E-state index in [-0.39, 0.29) is 0 Å². The molecule has 1 aromatic rings. The number of furan rings is 1. The lowest BCUT2D eigenvalue weighted by molar-refractivity contribution is -0.0288. The predicted octanol–water partition coefficient (Wildman–Crippen LogP) is 2.62. The second-order valence-electron chi connectivity index (χ2n) is 4.97. The molecule has 3 heteroatoms. The van der Waals surface area contributed by atoms with Gasteiger partial charge in [0.25, 0.3) is 0 Å². The highest BCUT2D eigenvalue weighted by Gasteiger charge is 2.31. The van der Waals surface area contributed by atoms with Crippen molar-refractivity contribution >= 4 is 0 Å². The fourth-order valence-corrected chi connectivity index (χ4v) is 2.64. The Hall–Kier alpha value is -0.800. The van der Waals surface area contributed by atoms with Gasteiger partial charge in [-0.2, -0.15) is 0 Å². The molecule has 0 saturated heterocycles. The Kier molecular flexibility index (Phi) is 4.63. The molecule has 96 valence electrons. The number of hydrogen-bond donors (Lipinski definition) is 1. The number of hydrogen-bond acceptors (Lipinski definition) is 3. The van der Waals surface area contributed by atoms with Gasteiger partial charge in [0.2, 0.25) is 0 Å². The standard InChI is InChI=1S/C14H23NO2/c1-3-17-14-8-12(9-14)7-13(15-2)6-11-4-5-16-10-11/h4-5,10,12-15H,3,6-9H2,1-2H3. The molecule has 3 nitrogen and oxygen atoms in total. The van der Waals surface area contributed by atoms with Crippen molar-refractivity contribution < 1.29 is 9.15 Å². The molecule has 1 atom stereocenters. The molecule has 0 amide bonds. The van der Waals surface area contributed by atoms with Crippen LogP contribution in [0.5, 0.6) is 0 Å². The average Bonchev–Trinajstić information content (AvgIpc) is 2.77. The highest BCUT2D eigenvalue weighted by Crippen LogP contribution is 2.34. The Balaban J connectivity index is 1.70. The molecule has 1 heterocycles. The summed E-state index contributed by atoms with van der Waals surface area (Å²) in [5.41, 5.74) is 1.28.